The lowest BCUT2D eigenvalue weighted by Gasteiger charge is -2.23. The maximum Gasteiger partial charge on any atom is 0.323 e. The first-order valence-corrected chi connectivity index (χ1v) is 7.19. The molecular formula is C13H15BrN4O2. The number of carbonyl (C=O) groups is 1. The second-order valence-corrected chi connectivity index (χ2v) is 6.32. The molecule has 0 saturated heterocycles. The molecule has 2 aromatic rings. The lowest BCUT2D eigenvalue weighted by atomic mass is 9.96. The van der Waals surface area contributed by atoms with Crippen LogP contribution in [-0.2, 0) is 4.79 Å². The third kappa shape index (κ3) is 2.27. The Labute approximate surface area is 123 Å². The van der Waals surface area contributed by atoms with Crippen LogP contribution in [0.5, 0.6) is 0 Å². The second kappa shape index (κ2) is 4.46. The van der Waals surface area contributed by atoms with E-state index >= 15 is 0 Å². The summed E-state index contributed by atoms with van der Waals surface area (Å²) in [7, 11) is 0. The van der Waals surface area contributed by atoms with Gasteiger partial charge in [-0.15, -0.1) is 0 Å². The maximum atomic E-state index is 12.3. The Bertz CT molecular complexity index is 742. The monoisotopic (exact) mass is 338 g/mol. The summed E-state index contributed by atoms with van der Waals surface area (Å²) in [5, 5.41) is 2.83. The van der Waals surface area contributed by atoms with E-state index in [1.807, 2.05) is 0 Å². The largest absolute Gasteiger partial charge is 0.323 e. The number of amides is 1. The van der Waals surface area contributed by atoms with Crippen molar-refractivity contribution in [2.24, 2.45) is 11.7 Å². The minimum absolute atomic E-state index is 0.210. The molecule has 6 nitrogen and oxygen atoms in total. The van der Waals surface area contributed by atoms with Crippen molar-refractivity contribution in [1.29, 1.82) is 0 Å². The lowest BCUT2D eigenvalue weighted by Crippen LogP contribution is -2.50. The van der Waals surface area contributed by atoms with E-state index in [-0.39, 0.29) is 17.5 Å². The van der Waals surface area contributed by atoms with Gasteiger partial charge in [-0.1, -0.05) is 0 Å². The highest BCUT2D eigenvalue weighted by molar-refractivity contribution is 9.10. The lowest BCUT2D eigenvalue weighted by molar-refractivity contribution is -0.121. The van der Waals surface area contributed by atoms with Crippen LogP contribution in [0.4, 0.5) is 5.69 Å². The Kier molecular flexibility index (Phi) is 2.98. The molecule has 1 atom stereocenters. The number of aromatic amines is 2. The van der Waals surface area contributed by atoms with E-state index in [1.165, 1.54) is 0 Å². The van der Waals surface area contributed by atoms with Gasteiger partial charge in [0.1, 0.15) is 0 Å². The Morgan fingerprint density at radius 1 is 1.40 bits per heavy atom. The third-order valence-electron chi connectivity index (χ3n) is 3.77. The number of nitrogens with two attached hydrogens (primary N) is 1. The molecule has 0 radical (unpaired) electrons. The van der Waals surface area contributed by atoms with E-state index < -0.39 is 5.54 Å². The van der Waals surface area contributed by atoms with Crippen molar-refractivity contribution in [3.8, 4) is 0 Å². The molecule has 1 fully saturated rings. The number of nitrogens with one attached hydrogen (secondary N) is 3. The van der Waals surface area contributed by atoms with Crippen LogP contribution in [0.3, 0.4) is 0 Å². The van der Waals surface area contributed by atoms with Crippen molar-refractivity contribution in [3.05, 3.63) is 27.1 Å². The van der Waals surface area contributed by atoms with Crippen molar-refractivity contribution in [2.45, 2.75) is 25.3 Å². The average molecular weight is 339 g/mol. The number of anilines is 1. The number of rotatable bonds is 3. The highest BCUT2D eigenvalue weighted by Crippen LogP contribution is 2.39. The minimum atomic E-state index is -0.861. The fraction of sp³-hybridized carbons (Fsp3) is 0.385. The molecule has 1 aromatic heterocycles. The zero-order valence-electron chi connectivity index (χ0n) is 10.9. The summed E-state index contributed by atoms with van der Waals surface area (Å²) in [5.74, 6) is 0.0370. The summed E-state index contributed by atoms with van der Waals surface area (Å²) >= 11 is 3.38. The number of aromatic nitrogens is 2. The van der Waals surface area contributed by atoms with Crippen LogP contribution in [-0.4, -0.2) is 21.4 Å². The molecule has 1 aliphatic carbocycles. The standard InChI is InChI=1S/C13H15BrN4O2/c1-13(15,6-2-3-6)11(19)16-8-5-10-9(4-7(8)14)17-12(20)18-10/h4-6H,2-3,15H2,1H3,(H,16,19)(H2,17,18,20). The molecule has 0 spiro atoms. The van der Waals surface area contributed by atoms with E-state index in [2.05, 4.69) is 31.2 Å². The van der Waals surface area contributed by atoms with E-state index in [0.717, 1.165) is 12.8 Å². The Hall–Kier alpha value is -1.60. The average Bonchev–Trinajstić information content (AvgIpc) is 3.14. The fourth-order valence-corrected chi connectivity index (χ4v) is 2.72. The van der Waals surface area contributed by atoms with Gasteiger partial charge in [-0.2, -0.15) is 0 Å². The highest BCUT2D eigenvalue weighted by Gasteiger charge is 2.44. The summed E-state index contributed by atoms with van der Waals surface area (Å²) in [6.45, 7) is 1.75. The predicted octanol–water partition coefficient (Wildman–Crippen LogP) is 1.68. The topological polar surface area (TPSA) is 104 Å². The van der Waals surface area contributed by atoms with Crippen molar-refractivity contribution in [2.75, 3.05) is 5.32 Å². The number of fused-ring (bicyclic) bond motifs is 1. The first-order chi connectivity index (χ1) is 9.38. The number of hydrogen-bond donors (Lipinski definition) is 4. The van der Waals surface area contributed by atoms with Crippen LogP contribution in [0.2, 0.25) is 0 Å². The maximum absolute atomic E-state index is 12.3. The van der Waals surface area contributed by atoms with Crippen LogP contribution >= 0.6 is 15.9 Å². The quantitative estimate of drug-likeness (QED) is 0.684. The van der Waals surface area contributed by atoms with Crippen molar-refractivity contribution >= 4 is 38.6 Å². The van der Waals surface area contributed by atoms with Gasteiger partial charge in [-0.3, -0.25) is 4.79 Å². The Morgan fingerprint density at radius 3 is 2.60 bits per heavy atom. The Morgan fingerprint density at radius 2 is 2.00 bits per heavy atom. The van der Waals surface area contributed by atoms with Gasteiger partial charge in [0.2, 0.25) is 5.91 Å². The number of imidazole rings is 1. The zero-order chi connectivity index (χ0) is 14.5. The minimum Gasteiger partial charge on any atom is -0.323 e. The number of H-pyrrole nitrogens is 2. The molecular weight excluding hydrogens is 324 g/mol. The predicted molar refractivity (Wildman–Crippen MR) is 80.6 cm³/mol. The normalized spacial score (nSPS) is 17.9. The molecule has 1 aliphatic rings. The van der Waals surface area contributed by atoms with Crippen LogP contribution < -0.4 is 16.7 Å². The van der Waals surface area contributed by atoms with Gasteiger partial charge in [0, 0.05) is 4.47 Å². The summed E-state index contributed by atoms with van der Waals surface area (Å²) in [6, 6.07) is 3.45. The molecule has 1 amide bonds. The molecule has 3 rings (SSSR count). The SMILES string of the molecule is CC(N)(C(=O)Nc1cc2[nH]c(=O)[nH]c2cc1Br)C1CC1. The van der Waals surface area contributed by atoms with Gasteiger partial charge in [0.05, 0.1) is 22.3 Å². The molecule has 0 bridgehead atoms. The Balaban J connectivity index is 1.92. The molecule has 1 aromatic carbocycles. The summed E-state index contributed by atoms with van der Waals surface area (Å²) in [4.78, 5) is 28.8. The molecule has 1 saturated carbocycles. The van der Waals surface area contributed by atoms with Gasteiger partial charge >= 0.3 is 5.69 Å². The summed E-state index contributed by atoms with van der Waals surface area (Å²) < 4.78 is 0.695. The van der Waals surface area contributed by atoms with E-state index in [0.29, 0.717) is 21.2 Å². The molecule has 0 aliphatic heterocycles. The number of hydrogen-bond acceptors (Lipinski definition) is 3. The third-order valence-corrected chi connectivity index (χ3v) is 4.42. The van der Waals surface area contributed by atoms with Gasteiger partial charge in [-0.25, -0.2) is 4.79 Å². The number of carbonyl (C=O) groups excluding carboxylic acids is 1. The van der Waals surface area contributed by atoms with Gasteiger partial charge in [0.15, 0.2) is 0 Å². The van der Waals surface area contributed by atoms with E-state index in [1.54, 1.807) is 19.1 Å². The molecule has 1 unspecified atom stereocenters. The van der Waals surface area contributed by atoms with Crippen LogP contribution in [0, 0.1) is 5.92 Å². The summed E-state index contributed by atoms with van der Waals surface area (Å²) in [5.41, 5.74) is 6.86. The number of halogens is 1. The molecule has 7 heteroatoms. The fourth-order valence-electron chi connectivity index (χ4n) is 2.28. The summed E-state index contributed by atoms with van der Waals surface area (Å²) in [6.07, 6.45) is 1.98. The first kappa shape index (κ1) is 13.4. The van der Waals surface area contributed by atoms with Crippen molar-refractivity contribution in [1.82, 2.24) is 9.97 Å². The van der Waals surface area contributed by atoms with Crippen LogP contribution in [0.1, 0.15) is 19.8 Å². The molecule has 20 heavy (non-hydrogen) atoms. The molecule has 106 valence electrons. The first-order valence-electron chi connectivity index (χ1n) is 6.40. The van der Waals surface area contributed by atoms with Gasteiger partial charge in [0.25, 0.3) is 0 Å². The van der Waals surface area contributed by atoms with Gasteiger partial charge < -0.3 is 21.0 Å². The molecule has 5 N–H and O–H groups in total. The molecule has 1 heterocycles. The highest BCUT2D eigenvalue weighted by atomic mass is 79.9. The van der Waals surface area contributed by atoms with E-state index in [4.69, 9.17) is 5.73 Å². The van der Waals surface area contributed by atoms with Crippen molar-refractivity contribution < 1.29 is 4.79 Å². The van der Waals surface area contributed by atoms with Crippen molar-refractivity contribution in [3.63, 3.8) is 0 Å². The van der Waals surface area contributed by atoms with E-state index in [9.17, 15) is 9.59 Å². The zero-order valence-corrected chi connectivity index (χ0v) is 12.5. The van der Waals surface area contributed by atoms with Gasteiger partial charge in [-0.05, 0) is 53.7 Å². The number of benzene rings is 1. The van der Waals surface area contributed by atoms with Crippen LogP contribution in [0.25, 0.3) is 11.0 Å². The smallest absolute Gasteiger partial charge is 0.323 e. The second-order valence-electron chi connectivity index (χ2n) is 5.47. The van der Waals surface area contributed by atoms with Crippen LogP contribution in [0.15, 0.2) is 21.4 Å².